The first-order chi connectivity index (χ1) is 14.2. The minimum absolute atomic E-state index is 0.217. The highest BCUT2D eigenvalue weighted by atomic mass is 16.7. The van der Waals surface area contributed by atoms with Gasteiger partial charge in [-0.2, -0.15) is 0 Å². The van der Waals surface area contributed by atoms with E-state index in [1.807, 2.05) is 6.07 Å². The average molecular weight is 384 g/mol. The van der Waals surface area contributed by atoms with Crippen LogP contribution < -0.4 is 4.74 Å². The van der Waals surface area contributed by atoms with Gasteiger partial charge in [0.25, 0.3) is 0 Å². The molecule has 5 aromatic carbocycles. The Labute approximate surface area is 167 Å². The molecule has 6 rings (SSSR count). The van der Waals surface area contributed by atoms with Gasteiger partial charge in [-0.25, -0.2) is 0 Å². The summed E-state index contributed by atoms with van der Waals surface area (Å²) in [6.45, 7) is -0.217. The Morgan fingerprint density at radius 3 is 2.10 bits per heavy atom. The summed E-state index contributed by atoms with van der Waals surface area (Å²) < 4.78 is 11.8. The highest BCUT2D eigenvalue weighted by Gasteiger charge is 2.35. The molecule has 0 spiro atoms. The van der Waals surface area contributed by atoms with Crippen molar-refractivity contribution in [3.63, 3.8) is 0 Å². The molecule has 1 fully saturated rings. The number of hydrogen-bond acceptors (Lipinski definition) is 4. The smallest absolute Gasteiger partial charge is 0.202 e. The van der Waals surface area contributed by atoms with E-state index in [2.05, 4.69) is 60.7 Å². The van der Waals surface area contributed by atoms with E-state index in [-0.39, 0.29) is 6.61 Å². The summed E-state index contributed by atoms with van der Waals surface area (Å²) in [5.74, 6) is 0.730. The lowest BCUT2D eigenvalue weighted by molar-refractivity contribution is -0.0926. The largest absolute Gasteiger partial charge is 0.464 e. The minimum Gasteiger partial charge on any atom is -0.464 e. The summed E-state index contributed by atoms with van der Waals surface area (Å²) in [5, 5.41) is 29.0. The Morgan fingerprint density at radius 2 is 1.41 bits per heavy atom. The van der Waals surface area contributed by atoms with E-state index >= 15 is 0 Å². The van der Waals surface area contributed by atoms with Gasteiger partial charge in [-0.15, -0.1) is 0 Å². The van der Waals surface area contributed by atoms with Crippen LogP contribution in [0.5, 0.6) is 5.75 Å². The number of rotatable bonds is 3. The van der Waals surface area contributed by atoms with E-state index in [9.17, 15) is 10.2 Å². The molecule has 4 heteroatoms. The van der Waals surface area contributed by atoms with E-state index < -0.39 is 18.5 Å². The van der Waals surface area contributed by atoms with Crippen LogP contribution in [-0.4, -0.2) is 35.3 Å². The predicted molar refractivity (Wildman–Crippen MR) is 115 cm³/mol. The lowest BCUT2D eigenvalue weighted by Crippen LogP contribution is -2.24. The number of benzene rings is 5. The van der Waals surface area contributed by atoms with Crippen LogP contribution in [0.25, 0.3) is 43.1 Å². The molecule has 29 heavy (non-hydrogen) atoms. The minimum atomic E-state index is -0.713. The Bertz CT molecular complexity index is 1310. The second-order valence-corrected chi connectivity index (χ2v) is 7.76. The van der Waals surface area contributed by atoms with Crippen molar-refractivity contribution in [3.8, 4) is 5.75 Å². The van der Waals surface area contributed by atoms with Crippen LogP contribution in [0, 0.1) is 0 Å². The standard InChI is InChI=1S/C25H20O4/c26-13-22-20(27)12-23(29-22)28-21-11-10-18-16-7-2-5-14-4-1-6-15(24(14)16)17-8-3-9-19(21)25(17)18/h1-11,20,22-23,26-27H,12-13H2/t20-,22+,23?/m0/s1. The van der Waals surface area contributed by atoms with E-state index in [1.165, 1.54) is 37.7 Å². The maximum atomic E-state index is 10.0. The summed E-state index contributed by atoms with van der Waals surface area (Å²) in [6, 6.07) is 23.3. The molecular weight excluding hydrogens is 364 g/mol. The molecule has 1 aliphatic heterocycles. The number of aliphatic hydroxyl groups excluding tert-OH is 2. The van der Waals surface area contributed by atoms with Gasteiger partial charge in [0.05, 0.1) is 12.7 Å². The zero-order chi connectivity index (χ0) is 19.5. The third kappa shape index (κ3) is 2.43. The van der Waals surface area contributed by atoms with Crippen molar-refractivity contribution < 1.29 is 19.7 Å². The average Bonchev–Trinajstić information content (AvgIpc) is 3.11. The molecule has 0 radical (unpaired) electrons. The molecule has 0 aromatic heterocycles. The Morgan fingerprint density at radius 1 is 0.793 bits per heavy atom. The summed E-state index contributed by atoms with van der Waals surface area (Å²) in [6.07, 6.45) is -1.53. The number of aliphatic hydroxyl groups is 2. The molecule has 4 nitrogen and oxygen atoms in total. The summed E-state index contributed by atoms with van der Waals surface area (Å²) in [5.41, 5.74) is 0. The molecule has 1 unspecified atom stereocenters. The monoisotopic (exact) mass is 384 g/mol. The molecule has 1 heterocycles. The van der Waals surface area contributed by atoms with Crippen molar-refractivity contribution in [1.29, 1.82) is 0 Å². The van der Waals surface area contributed by atoms with Crippen molar-refractivity contribution in [1.82, 2.24) is 0 Å². The van der Waals surface area contributed by atoms with Crippen molar-refractivity contribution in [3.05, 3.63) is 66.7 Å². The first-order valence-corrected chi connectivity index (χ1v) is 9.94. The van der Waals surface area contributed by atoms with Crippen LogP contribution >= 0.6 is 0 Å². The number of fused-ring (bicyclic) bond motifs is 2. The van der Waals surface area contributed by atoms with Gasteiger partial charge >= 0.3 is 0 Å². The summed E-state index contributed by atoms with van der Waals surface area (Å²) in [7, 11) is 0. The van der Waals surface area contributed by atoms with Crippen molar-refractivity contribution in [2.24, 2.45) is 0 Å². The van der Waals surface area contributed by atoms with Crippen LogP contribution in [0.3, 0.4) is 0 Å². The quantitative estimate of drug-likeness (QED) is 0.353. The van der Waals surface area contributed by atoms with Crippen LogP contribution in [0.4, 0.5) is 0 Å². The molecule has 0 saturated carbocycles. The Balaban J connectivity index is 1.59. The molecule has 1 saturated heterocycles. The van der Waals surface area contributed by atoms with Gasteiger partial charge in [-0.05, 0) is 38.4 Å². The van der Waals surface area contributed by atoms with Gasteiger partial charge in [0.15, 0.2) is 0 Å². The van der Waals surface area contributed by atoms with Crippen LogP contribution in [0.1, 0.15) is 6.42 Å². The molecule has 0 bridgehead atoms. The lowest BCUT2D eigenvalue weighted by atomic mass is 9.90. The Hall–Kier alpha value is -2.92. The zero-order valence-electron chi connectivity index (χ0n) is 15.7. The van der Waals surface area contributed by atoms with E-state index in [0.29, 0.717) is 6.42 Å². The second kappa shape index (κ2) is 6.29. The van der Waals surface area contributed by atoms with Crippen molar-refractivity contribution in [2.75, 3.05) is 6.61 Å². The van der Waals surface area contributed by atoms with Crippen molar-refractivity contribution >= 4 is 43.1 Å². The topological polar surface area (TPSA) is 58.9 Å². The van der Waals surface area contributed by atoms with Gasteiger partial charge in [0.2, 0.25) is 6.29 Å². The first-order valence-electron chi connectivity index (χ1n) is 9.94. The maximum absolute atomic E-state index is 10.0. The molecule has 0 aliphatic carbocycles. The molecule has 5 aromatic rings. The molecular formula is C25H20O4. The molecule has 0 amide bonds. The van der Waals surface area contributed by atoms with Gasteiger partial charge in [0, 0.05) is 17.2 Å². The highest BCUT2D eigenvalue weighted by Crippen LogP contribution is 2.43. The lowest BCUT2D eigenvalue weighted by Gasteiger charge is -2.19. The fraction of sp³-hybridized carbons (Fsp3) is 0.200. The van der Waals surface area contributed by atoms with Gasteiger partial charge in [-0.1, -0.05) is 60.7 Å². The highest BCUT2D eigenvalue weighted by molar-refractivity contribution is 6.33. The third-order valence-corrected chi connectivity index (χ3v) is 6.11. The second-order valence-electron chi connectivity index (χ2n) is 7.76. The van der Waals surface area contributed by atoms with Gasteiger partial charge in [-0.3, -0.25) is 0 Å². The Kier molecular flexibility index (Phi) is 3.68. The fourth-order valence-electron chi connectivity index (χ4n) is 4.79. The molecule has 1 aliphatic rings. The first kappa shape index (κ1) is 17.0. The zero-order valence-corrected chi connectivity index (χ0v) is 15.7. The predicted octanol–water partition coefficient (Wildman–Crippen LogP) is 4.58. The number of hydrogen-bond donors (Lipinski definition) is 2. The van der Waals surface area contributed by atoms with E-state index in [4.69, 9.17) is 9.47 Å². The van der Waals surface area contributed by atoms with Crippen LogP contribution in [0.15, 0.2) is 66.7 Å². The van der Waals surface area contributed by atoms with E-state index in [1.54, 1.807) is 0 Å². The summed E-state index contributed by atoms with van der Waals surface area (Å²) in [4.78, 5) is 0. The van der Waals surface area contributed by atoms with Gasteiger partial charge < -0.3 is 19.7 Å². The van der Waals surface area contributed by atoms with Crippen LogP contribution in [-0.2, 0) is 4.74 Å². The van der Waals surface area contributed by atoms with Crippen LogP contribution in [0.2, 0.25) is 0 Å². The SMILES string of the molecule is OC[C@H]1OC(Oc2ccc3c4cccc5cccc(c6cccc2c63)c54)C[C@@H]1O. The van der Waals surface area contributed by atoms with Crippen molar-refractivity contribution in [2.45, 2.75) is 24.9 Å². The maximum Gasteiger partial charge on any atom is 0.202 e. The third-order valence-electron chi connectivity index (χ3n) is 6.11. The molecule has 2 N–H and O–H groups in total. The normalized spacial score (nSPS) is 22.3. The number of ether oxygens (including phenoxy) is 2. The summed E-state index contributed by atoms with van der Waals surface area (Å²) >= 11 is 0. The van der Waals surface area contributed by atoms with Gasteiger partial charge in [0.1, 0.15) is 11.9 Å². The molecule has 144 valence electrons. The van der Waals surface area contributed by atoms with E-state index in [0.717, 1.165) is 11.1 Å². The molecule has 3 atom stereocenters. The fourth-order valence-corrected chi connectivity index (χ4v) is 4.79.